The topological polar surface area (TPSA) is 83.6 Å². The number of rotatable bonds is 2. The Morgan fingerprint density at radius 1 is 1.50 bits per heavy atom. The molecule has 0 aliphatic heterocycles. The lowest BCUT2D eigenvalue weighted by molar-refractivity contribution is -0.140. The summed E-state index contributed by atoms with van der Waals surface area (Å²) in [6.45, 7) is 0. The highest BCUT2D eigenvalue weighted by atomic mass is 16.4. The van der Waals surface area contributed by atoms with Crippen molar-refractivity contribution in [2.24, 2.45) is 11.7 Å². The molecular weight excluding hydrogens is 158 g/mol. The molecule has 0 unspecified atom stereocenters. The number of nitrogens with two attached hydrogens (primary N) is 1. The van der Waals surface area contributed by atoms with E-state index in [4.69, 9.17) is 10.8 Å². The fraction of sp³-hybridized carbons (Fsp3) is 0.875. The van der Waals surface area contributed by atoms with Crippen molar-refractivity contribution in [3.8, 4) is 0 Å². The van der Waals surface area contributed by atoms with Gasteiger partial charge in [-0.05, 0) is 25.2 Å². The Kier molecular flexibility index (Phi) is 3.05. The molecular formula is C8H15NO3. The molecule has 0 heterocycles. The minimum atomic E-state index is -0.964. The molecule has 0 aromatic heterocycles. The normalized spacial score (nSPS) is 32.8. The maximum absolute atomic E-state index is 10.5. The Balaban J connectivity index is 2.45. The van der Waals surface area contributed by atoms with E-state index in [1.807, 2.05) is 0 Å². The number of hydrogen-bond donors (Lipinski definition) is 3. The van der Waals surface area contributed by atoms with Crippen molar-refractivity contribution in [2.45, 2.75) is 37.8 Å². The SMILES string of the molecule is N[C@H](C(=O)O)[C@H]1CCC[C@@H](O)C1. The van der Waals surface area contributed by atoms with Crippen LogP contribution in [-0.4, -0.2) is 28.3 Å². The number of aliphatic hydroxyl groups excluding tert-OH is 1. The average Bonchev–Trinajstić information content (AvgIpc) is 2.03. The smallest absolute Gasteiger partial charge is 0.320 e. The van der Waals surface area contributed by atoms with Crippen molar-refractivity contribution >= 4 is 5.97 Å². The van der Waals surface area contributed by atoms with Gasteiger partial charge < -0.3 is 15.9 Å². The summed E-state index contributed by atoms with van der Waals surface area (Å²) >= 11 is 0. The van der Waals surface area contributed by atoms with Gasteiger partial charge in [-0.3, -0.25) is 4.79 Å². The second kappa shape index (κ2) is 3.87. The fourth-order valence-corrected chi connectivity index (χ4v) is 1.73. The summed E-state index contributed by atoms with van der Waals surface area (Å²) in [6.07, 6.45) is 2.67. The van der Waals surface area contributed by atoms with Gasteiger partial charge in [0, 0.05) is 0 Å². The Hall–Kier alpha value is -0.610. The first-order valence-electron chi connectivity index (χ1n) is 4.27. The van der Waals surface area contributed by atoms with Gasteiger partial charge in [-0.25, -0.2) is 0 Å². The van der Waals surface area contributed by atoms with E-state index in [0.717, 1.165) is 19.3 Å². The predicted octanol–water partition coefficient (Wildman–Crippen LogP) is -0.0506. The number of carboxylic acids is 1. The number of aliphatic hydroxyl groups is 1. The van der Waals surface area contributed by atoms with Gasteiger partial charge >= 0.3 is 5.97 Å². The lowest BCUT2D eigenvalue weighted by atomic mass is 9.83. The standard InChI is InChI=1S/C8H15NO3/c9-7(8(11)12)5-2-1-3-6(10)4-5/h5-7,10H,1-4,9H2,(H,11,12)/t5-,6+,7-/m0/s1. The fourth-order valence-electron chi connectivity index (χ4n) is 1.73. The third-order valence-electron chi connectivity index (χ3n) is 2.48. The molecule has 70 valence electrons. The van der Waals surface area contributed by atoms with Crippen LogP contribution < -0.4 is 5.73 Å². The maximum Gasteiger partial charge on any atom is 0.320 e. The maximum atomic E-state index is 10.5. The predicted molar refractivity (Wildman–Crippen MR) is 43.6 cm³/mol. The molecule has 3 atom stereocenters. The molecule has 0 spiro atoms. The molecule has 1 aliphatic carbocycles. The molecule has 0 aromatic carbocycles. The van der Waals surface area contributed by atoms with Gasteiger partial charge in [0.2, 0.25) is 0 Å². The zero-order chi connectivity index (χ0) is 9.14. The van der Waals surface area contributed by atoms with Gasteiger partial charge in [-0.1, -0.05) is 6.42 Å². The van der Waals surface area contributed by atoms with E-state index in [1.54, 1.807) is 0 Å². The van der Waals surface area contributed by atoms with Crippen molar-refractivity contribution in [2.75, 3.05) is 0 Å². The van der Waals surface area contributed by atoms with Crippen LogP contribution in [-0.2, 0) is 4.79 Å². The summed E-state index contributed by atoms with van der Waals surface area (Å²) in [4.78, 5) is 10.5. The Morgan fingerprint density at radius 3 is 2.67 bits per heavy atom. The first-order chi connectivity index (χ1) is 5.61. The largest absolute Gasteiger partial charge is 0.480 e. The van der Waals surface area contributed by atoms with Crippen LogP contribution in [0, 0.1) is 5.92 Å². The molecule has 4 nitrogen and oxygen atoms in total. The van der Waals surface area contributed by atoms with Crippen LogP contribution in [0.3, 0.4) is 0 Å². The Bertz CT molecular complexity index is 172. The highest BCUT2D eigenvalue weighted by Gasteiger charge is 2.29. The number of aliphatic carboxylic acids is 1. The molecule has 4 N–H and O–H groups in total. The molecule has 0 saturated heterocycles. The summed E-state index contributed by atoms with van der Waals surface area (Å²) in [7, 11) is 0. The summed E-state index contributed by atoms with van der Waals surface area (Å²) < 4.78 is 0. The van der Waals surface area contributed by atoms with Gasteiger partial charge in [-0.15, -0.1) is 0 Å². The third kappa shape index (κ3) is 2.19. The summed E-state index contributed by atoms with van der Waals surface area (Å²) in [6, 6.07) is -0.806. The van der Waals surface area contributed by atoms with Crippen LogP contribution in [0.1, 0.15) is 25.7 Å². The van der Waals surface area contributed by atoms with Gasteiger partial charge in [0.05, 0.1) is 6.10 Å². The second-order valence-corrected chi connectivity index (χ2v) is 3.44. The van der Waals surface area contributed by atoms with Crippen molar-refractivity contribution in [3.63, 3.8) is 0 Å². The monoisotopic (exact) mass is 173 g/mol. The van der Waals surface area contributed by atoms with Gasteiger partial charge in [0.1, 0.15) is 6.04 Å². The van der Waals surface area contributed by atoms with E-state index in [-0.39, 0.29) is 12.0 Å². The minimum Gasteiger partial charge on any atom is -0.480 e. The Morgan fingerprint density at radius 2 is 2.17 bits per heavy atom. The van der Waals surface area contributed by atoms with Crippen LogP contribution in [0.15, 0.2) is 0 Å². The number of carbonyl (C=O) groups is 1. The second-order valence-electron chi connectivity index (χ2n) is 3.44. The first-order valence-corrected chi connectivity index (χ1v) is 4.27. The summed E-state index contributed by atoms with van der Waals surface area (Å²) in [5.74, 6) is -1.01. The third-order valence-corrected chi connectivity index (χ3v) is 2.48. The van der Waals surface area contributed by atoms with Gasteiger partial charge in [-0.2, -0.15) is 0 Å². The minimum absolute atomic E-state index is 0.0498. The molecule has 12 heavy (non-hydrogen) atoms. The molecule has 0 bridgehead atoms. The quantitative estimate of drug-likeness (QED) is 0.546. The summed E-state index contributed by atoms with van der Waals surface area (Å²) in [5.41, 5.74) is 5.44. The van der Waals surface area contributed by atoms with E-state index < -0.39 is 12.0 Å². The summed E-state index contributed by atoms with van der Waals surface area (Å²) in [5, 5.41) is 17.9. The molecule has 1 fully saturated rings. The highest BCUT2D eigenvalue weighted by Crippen LogP contribution is 2.26. The van der Waals surface area contributed by atoms with E-state index in [0.29, 0.717) is 6.42 Å². The van der Waals surface area contributed by atoms with Crippen molar-refractivity contribution in [3.05, 3.63) is 0 Å². The lowest BCUT2D eigenvalue weighted by Crippen LogP contribution is -2.41. The van der Waals surface area contributed by atoms with Crippen LogP contribution in [0.4, 0.5) is 0 Å². The van der Waals surface area contributed by atoms with E-state index in [2.05, 4.69) is 0 Å². The molecule has 0 radical (unpaired) electrons. The van der Waals surface area contributed by atoms with Crippen molar-refractivity contribution in [1.29, 1.82) is 0 Å². The number of carboxylic acid groups (broad SMARTS) is 1. The van der Waals surface area contributed by atoms with Gasteiger partial charge in [0.25, 0.3) is 0 Å². The van der Waals surface area contributed by atoms with Crippen LogP contribution in [0.2, 0.25) is 0 Å². The average molecular weight is 173 g/mol. The van der Waals surface area contributed by atoms with E-state index >= 15 is 0 Å². The van der Waals surface area contributed by atoms with Crippen molar-refractivity contribution < 1.29 is 15.0 Å². The zero-order valence-corrected chi connectivity index (χ0v) is 6.94. The lowest BCUT2D eigenvalue weighted by Gasteiger charge is -2.28. The molecule has 1 aliphatic rings. The van der Waals surface area contributed by atoms with Gasteiger partial charge in [0.15, 0.2) is 0 Å². The van der Waals surface area contributed by atoms with Crippen molar-refractivity contribution in [1.82, 2.24) is 0 Å². The van der Waals surface area contributed by atoms with Crippen LogP contribution >= 0.6 is 0 Å². The van der Waals surface area contributed by atoms with E-state index in [1.165, 1.54) is 0 Å². The van der Waals surface area contributed by atoms with E-state index in [9.17, 15) is 9.90 Å². The Labute approximate surface area is 71.4 Å². The van der Waals surface area contributed by atoms with Crippen LogP contribution in [0.5, 0.6) is 0 Å². The molecule has 0 aromatic rings. The highest BCUT2D eigenvalue weighted by molar-refractivity contribution is 5.73. The molecule has 0 amide bonds. The molecule has 1 rings (SSSR count). The first kappa shape index (κ1) is 9.48. The van der Waals surface area contributed by atoms with Crippen LogP contribution in [0.25, 0.3) is 0 Å². The number of hydrogen-bond acceptors (Lipinski definition) is 3. The zero-order valence-electron chi connectivity index (χ0n) is 6.94. The molecule has 1 saturated carbocycles. The molecule has 4 heteroatoms.